The van der Waals surface area contributed by atoms with Crippen LogP contribution < -0.4 is 15.4 Å². The molecular weight excluding hydrogens is 332 g/mol. The highest BCUT2D eigenvalue weighted by Crippen LogP contribution is 2.11. The number of nitrogens with zero attached hydrogens (tertiary/aromatic N) is 4. The zero-order valence-corrected chi connectivity index (χ0v) is 15.7. The molecule has 8 nitrogen and oxygen atoms in total. The monoisotopic (exact) mass is 360 g/mol. The number of nitrogens with one attached hydrogen (secondary N) is 2. The first-order chi connectivity index (χ1) is 12.8. The maximum absolute atomic E-state index is 5.56. The number of methoxy groups -OCH3 is 1. The third kappa shape index (κ3) is 6.36. The van der Waals surface area contributed by atoms with Crippen molar-refractivity contribution in [2.45, 2.75) is 26.4 Å². The minimum absolute atomic E-state index is 0.552. The Bertz CT molecular complexity index is 669. The van der Waals surface area contributed by atoms with Gasteiger partial charge in [0.25, 0.3) is 0 Å². The molecule has 0 saturated carbocycles. The fourth-order valence-corrected chi connectivity index (χ4v) is 2.39. The van der Waals surface area contributed by atoms with Crippen molar-refractivity contribution >= 4 is 5.96 Å². The molecule has 26 heavy (non-hydrogen) atoms. The van der Waals surface area contributed by atoms with E-state index in [0.717, 1.165) is 42.6 Å². The molecule has 2 aromatic rings. The Morgan fingerprint density at radius 2 is 2.00 bits per heavy atom. The normalized spacial score (nSPS) is 11.4. The number of aliphatic imine (C=N–C) groups is 1. The van der Waals surface area contributed by atoms with E-state index in [1.807, 2.05) is 28.8 Å². The minimum atomic E-state index is 0.552. The molecule has 2 N–H and O–H groups in total. The number of rotatable bonds is 10. The quantitative estimate of drug-likeness (QED) is 0.377. The molecule has 8 heteroatoms. The van der Waals surface area contributed by atoms with E-state index in [1.165, 1.54) is 0 Å². The van der Waals surface area contributed by atoms with Gasteiger partial charge in [0.15, 0.2) is 5.96 Å². The largest absolute Gasteiger partial charge is 0.491 e. The summed E-state index contributed by atoms with van der Waals surface area (Å²) in [4.78, 5) is 4.25. The van der Waals surface area contributed by atoms with Crippen LogP contribution in [-0.4, -0.2) is 54.6 Å². The molecule has 0 bridgehead atoms. The van der Waals surface area contributed by atoms with Gasteiger partial charge in [-0.25, -0.2) is 0 Å². The number of hydrogen-bond acceptors (Lipinski definition) is 5. The molecular formula is C18H28N6O2. The van der Waals surface area contributed by atoms with E-state index in [1.54, 1.807) is 20.5 Å². The third-order valence-electron chi connectivity index (χ3n) is 3.82. The lowest BCUT2D eigenvalue weighted by molar-refractivity contribution is 0.146. The number of hydrogen-bond donors (Lipinski definition) is 2. The van der Waals surface area contributed by atoms with Crippen molar-refractivity contribution in [2.24, 2.45) is 4.99 Å². The van der Waals surface area contributed by atoms with E-state index in [4.69, 9.17) is 9.47 Å². The Morgan fingerprint density at radius 3 is 2.69 bits per heavy atom. The molecule has 0 atom stereocenters. The molecule has 0 aliphatic heterocycles. The highest BCUT2D eigenvalue weighted by atomic mass is 16.5. The van der Waals surface area contributed by atoms with Crippen molar-refractivity contribution in [1.82, 2.24) is 25.4 Å². The molecule has 2 rings (SSSR count). The summed E-state index contributed by atoms with van der Waals surface area (Å²) in [5.41, 5.74) is 1.15. The Labute approximate surface area is 154 Å². The zero-order chi connectivity index (χ0) is 18.6. The van der Waals surface area contributed by atoms with Gasteiger partial charge in [0.2, 0.25) is 0 Å². The summed E-state index contributed by atoms with van der Waals surface area (Å²) in [7, 11) is 3.42. The van der Waals surface area contributed by atoms with E-state index < -0.39 is 0 Å². The Hall–Kier alpha value is -2.61. The standard InChI is InChI=1S/C18H28N6O2/c1-4-17-23-22-14-24(17)10-9-20-18(19-2)21-13-15-5-7-16(8-6-15)26-12-11-25-3/h5-8,14H,4,9-13H2,1-3H3,(H2,19,20,21). The molecule has 0 saturated heterocycles. The van der Waals surface area contributed by atoms with Crippen LogP contribution in [0.25, 0.3) is 0 Å². The first kappa shape index (κ1) is 19.7. The van der Waals surface area contributed by atoms with E-state index in [9.17, 15) is 0 Å². The SMILES string of the molecule is CCc1nncn1CCNC(=NC)NCc1ccc(OCCOC)cc1. The topological polar surface area (TPSA) is 85.6 Å². The lowest BCUT2D eigenvalue weighted by atomic mass is 10.2. The fraction of sp³-hybridized carbons (Fsp3) is 0.500. The summed E-state index contributed by atoms with van der Waals surface area (Å²) < 4.78 is 12.6. The second-order valence-electron chi connectivity index (χ2n) is 5.63. The summed E-state index contributed by atoms with van der Waals surface area (Å²) in [6, 6.07) is 7.99. The molecule has 0 unspecified atom stereocenters. The lowest BCUT2D eigenvalue weighted by Gasteiger charge is -2.13. The predicted octanol–water partition coefficient (Wildman–Crippen LogP) is 1.23. The van der Waals surface area contributed by atoms with Crippen LogP contribution in [0.5, 0.6) is 5.75 Å². The van der Waals surface area contributed by atoms with Crippen molar-refractivity contribution in [2.75, 3.05) is 33.9 Å². The number of aryl methyl sites for hydroxylation is 1. The Kier molecular flexibility index (Phi) is 8.41. The van der Waals surface area contributed by atoms with Crippen LogP contribution in [0.4, 0.5) is 0 Å². The molecule has 0 radical (unpaired) electrons. The number of aromatic nitrogens is 3. The summed E-state index contributed by atoms with van der Waals surface area (Å²) in [6.07, 6.45) is 2.63. The van der Waals surface area contributed by atoms with Crippen LogP contribution in [0.3, 0.4) is 0 Å². The van der Waals surface area contributed by atoms with Crippen LogP contribution in [0.2, 0.25) is 0 Å². The van der Waals surface area contributed by atoms with Crippen LogP contribution in [0, 0.1) is 0 Å². The molecule has 0 aliphatic rings. The van der Waals surface area contributed by atoms with Crippen LogP contribution in [0.1, 0.15) is 18.3 Å². The van der Waals surface area contributed by atoms with E-state index in [-0.39, 0.29) is 0 Å². The second kappa shape index (κ2) is 11.1. The van der Waals surface area contributed by atoms with Gasteiger partial charge in [0, 0.05) is 40.2 Å². The molecule has 0 aliphatic carbocycles. The molecule has 0 amide bonds. The van der Waals surface area contributed by atoms with Crippen LogP contribution >= 0.6 is 0 Å². The third-order valence-corrected chi connectivity index (χ3v) is 3.82. The summed E-state index contributed by atoms with van der Waals surface area (Å²) >= 11 is 0. The fourth-order valence-electron chi connectivity index (χ4n) is 2.39. The Balaban J connectivity index is 1.72. The summed E-state index contributed by atoms with van der Waals surface area (Å²) in [6.45, 7) is 5.44. The summed E-state index contributed by atoms with van der Waals surface area (Å²) in [5.74, 6) is 2.59. The van der Waals surface area contributed by atoms with Crippen molar-refractivity contribution < 1.29 is 9.47 Å². The minimum Gasteiger partial charge on any atom is -0.491 e. The first-order valence-corrected chi connectivity index (χ1v) is 8.78. The van der Waals surface area contributed by atoms with Gasteiger partial charge < -0.3 is 24.7 Å². The van der Waals surface area contributed by atoms with Gasteiger partial charge in [-0.15, -0.1) is 10.2 Å². The van der Waals surface area contributed by atoms with E-state index >= 15 is 0 Å². The molecule has 1 aromatic carbocycles. The van der Waals surface area contributed by atoms with Gasteiger partial charge in [-0.1, -0.05) is 19.1 Å². The van der Waals surface area contributed by atoms with Crippen molar-refractivity contribution in [3.8, 4) is 5.75 Å². The maximum atomic E-state index is 5.56. The molecule has 0 spiro atoms. The lowest BCUT2D eigenvalue weighted by Crippen LogP contribution is -2.38. The molecule has 1 heterocycles. The number of guanidine groups is 1. The highest BCUT2D eigenvalue weighted by molar-refractivity contribution is 5.79. The Morgan fingerprint density at radius 1 is 1.19 bits per heavy atom. The van der Waals surface area contributed by atoms with Gasteiger partial charge in [-0.3, -0.25) is 4.99 Å². The van der Waals surface area contributed by atoms with Crippen molar-refractivity contribution in [1.29, 1.82) is 0 Å². The van der Waals surface area contributed by atoms with Crippen molar-refractivity contribution in [3.63, 3.8) is 0 Å². The first-order valence-electron chi connectivity index (χ1n) is 8.78. The van der Waals surface area contributed by atoms with E-state index in [2.05, 4.69) is 32.7 Å². The smallest absolute Gasteiger partial charge is 0.191 e. The van der Waals surface area contributed by atoms with Gasteiger partial charge in [0.05, 0.1) is 6.61 Å². The maximum Gasteiger partial charge on any atom is 0.191 e. The van der Waals surface area contributed by atoms with E-state index in [0.29, 0.717) is 19.8 Å². The molecule has 1 aromatic heterocycles. The number of benzene rings is 1. The van der Waals surface area contributed by atoms with Gasteiger partial charge >= 0.3 is 0 Å². The zero-order valence-electron chi connectivity index (χ0n) is 15.7. The number of ether oxygens (including phenoxy) is 2. The van der Waals surface area contributed by atoms with Crippen molar-refractivity contribution in [3.05, 3.63) is 42.0 Å². The molecule has 0 fully saturated rings. The average Bonchev–Trinajstić information content (AvgIpc) is 3.13. The highest BCUT2D eigenvalue weighted by Gasteiger charge is 2.03. The van der Waals surface area contributed by atoms with Crippen LogP contribution in [0.15, 0.2) is 35.6 Å². The summed E-state index contributed by atoms with van der Waals surface area (Å²) in [5, 5.41) is 14.6. The molecule has 142 valence electrons. The average molecular weight is 360 g/mol. The van der Waals surface area contributed by atoms with Gasteiger partial charge in [-0.2, -0.15) is 0 Å². The predicted molar refractivity (Wildman–Crippen MR) is 101 cm³/mol. The van der Waals surface area contributed by atoms with Gasteiger partial charge in [-0.05, 0) is 17.7 Å². The van der Waals surface area contributed by atoms with Gasteiger partial charge in [0.1, 0.15) is 24.5 Å². The second-order valence-corrected chi connectivity index (χ2v) is 5.63. The van der Waals surface area contributed by atoms with Crippen LogP contribution in [-0.2, 0) is 24.2 Å².